The van der Waals surface area contributed by atoms with Crippen molar-refractivity contribution in [1.82, 2.24) is 5.32 Å². The predicted molar refractivity (Wildman–Crippen MR) is 64.0 cm³/mol. The normalized spacial score (nSPS) is 9.22. The van der Waals surface area contributed by atoms with Gasteiger partial charge in [-0.05, 0) is 12.1 Å². The minimum atomic E-state index is -0.379. The van der Waals surface area contributed by atoms with Gasteiger partial charge in [-0.25, -0.2) is 0 Å². The van der Waals surface area contributed by atoms with Crippen molar-refractivity contribution in [3.63, 3.8) is 0 Å². The summed E-state index contributed by atoms with van der Waals surface area (Å²) < 4.78 is 15.4. The van der Waals surface area contributed by atoms with E-state index in [9.17, 15) is 4.79 Å². The molecule has 1 aromatic rings. The van der Waals surface area contributed by atoms with Crippen LogP contribution >= 0.6 is 0 Å². The van der Waals surface area contributed by atoms with Crippen molar-refractivity contribution >= 4 is 5.91 Å². The second-order valence-corrected chi connectivity index (χ2v) is 3.25. The molecule has 0 unspecified atom stereocenters. The molecule has 0 heterocycles. The molecule has 0 aliphatic carbocycles. The number of methoxy groups -OCH3 is 3. The number of rotatable bonds is 5. The van der Waals surface area contributed by atoms with Crippen LogP contribution in [0, 0.1) is 11.3 Å². The van der Waals surface area contributed by atoms with Gasteiger partial charge >= 0.3 is 0 Å². The Balaban J connectivity index is 3.15. The summed E-state index contributed by atoms with van der Waals surface area (Å²) in [6.45, 7) is -0.0600. The molecule has 0 aromatic heterocycles. The first kappa shape index (κ1) is 13.6. The zero-order valence-corrected chi connectivity index (χ0v) is 10.4. The quantitative estimate of drug-likeness (QED) is 0.787. The summed E-state index contributed by atoms with van der Waals surface area (Å²) in [5.41, 5.74) is 0.333. The highest BCUT2D eigenvalue weighted by molar-refractivity contribution is 5.95. The highest BCUT2D eigenvalue weighted by Gasteiger charge is 2.16. The van der Waals surface area contributed by atoms with E-state index in [1.165, 1.54) is 33.5 Å². The van der Waals surface area contributed by atoms with E-state index in [1.54, 1.807) is 0 Å². The smallest absolute Gasteiger partial charge is 0.252 e. The van der Waals surface area contributed by atoms with Crippen LogP contribution in [0.15, 0.2) is 12.1 Å². The second kappa shape index (κ2) is 6.35. The number of carbonyl (C=O) groups excluding carboxylic acids is 1. The third-order valence-corrected chi connectivity index (χ3v) is 2.25. The molecule has 6 heteroatoms. The van der Waals surface area contributed by atoms with Crippen molar-refractivity contribution < 1.29 is 19.0 Å². The number of benzene rings is 1. The van der Waals surface area contributed by atoms with E-state index in [-0.39, 0.29) is 12.5 Å². The van der Waals surface area contributed by atoms with Gasteiger partial charge in [0.2, 0.25) is 5.75 Å². The highest BCUT2D eigenvalue weighted by Crippen LogP contribution is 2.38. The van der Waals surface area contributed by atoms with Gasteiger partial charge in [0.05, 0.1) is 27.4 Å². The largest absolute Gasteiger partial charge is 0.493 e. The lowest BCUT2D eigenvalue weighted by molar-refractivity contribution is 0.0957. The van der Waals surface area contributed by atoms with E-state index in [0.717, 1.165) is 0 Å². The summed E-state index contributed by atoms with van der Waals surface area (Å²) in [5, 5.41) is 10.8. The first-order valence-electron chi connectivity index (χ1n) is 5.13. The van der Waals surface area contributed by atoms with Crippen molar-refractivity contribution in [3.8, 4) is 23.3 Å². The highest BCUT2D eigenvalue weighted by atomic mass is 16.5. The molecule has 96 valence electrons. The van der Waals surface area contributed by atoms with Gasteiger partial charge in [-0.1, -0.05) is 0 Å². The number of nitriles is 1. The van der Waals surface area contributed by atoms with Crippen LogP contribution in [0.3, 0.4) is 0 Å². The average molecular weight is 250 g/mol. The molecule has 0 atom stereocenters. The lowest BCUT2D eigenvalue weighted by Crippen LogP contribution is -2.23. The Kier molecular flexibility index (Phi) is 4.81. The van der Waals surface area contributed by atoms with Gasteiger partial charge in [-0.3, -0.25) is 4.79 Å². The van der Waals surface area contributed by atoms with Crippen LogP contribution in [0.25, 0.3) is 0 Å². The van der Waals surface area contributed by atoms with Crippen LogP contribution in [0.2, 0.25) is 0 Å². The first-order chi connectivity index (χ1) is 8.67. The molecule has 0 bridgehead atoms. The van der Waals surface area contributed by atoms with Crippen molar-refractivity contribution in [2.45, 2.75) is 0 Å². The maximum atomic E-state index is 11.7. The predicted octanol–water partition coefficient (Wildman–Crippen LogP) is 0.966. The topological polar surface area (TPSA) is 80.6 Å². The van der Waals surface area contributed by atoms with Crippen LogP contribution < -0.4 is 19.5 Å². The van der Waals surface area contributed by atoms with Gasteiger partial charge in [-0.2, -0.15) is 5.26 Å². The van der Waals surface area contributed by atoms with Crippen LogP contribution in [0.1, 0.15) is 10.4 Å². The van der Waals surface area contributed by atoms with Gasteiger partial charge in [0, 0.05) is 5.56 Å². The Labute approximate surface area is 105 Å². The van der Waals surface area contributed by atoms with Crippen molar-refractivity contribution in [3.05, 3.63) is 17.7 Å². The second-order valence-electron chi connectivity index (χ2n) is 3.25. The molecule has 0 aliphatic heterocycles. The molecule has 1 N–H and O–H groups in total. The lowest BCUT2D eigenvalue weighted by Gasteiger charge is -2.13. The van der Waals surface area contributed by atoms with E-state index >= 15 is 0 Å². The van der Waals surface area contributed by atoms with Gasteiger partial charge in [0.25, 0.3) is 5.91 Å². The molecule has 0 radical (unpaired) electrons. The van der Waals surface area contributed by atoms with E-state index in [0.29, 0.717) is 22.8 Å². The fourth-order valence-electron chi connectivity index (χ4n) is 1.43. The van der Waals surface area contributed by atoms with Crippen LogP contribution in [0.5, 0.6) is 17.2 Å². The summed E-state index contributed by atoms with van der Waals surface area (Å²) in [4.78, 5) is 11.7. The number of hydrogen-bond acceptors (Lipinski definition) is 5. The number of ether oxygens (including phenoxy) is 3. The fraction of sp³-hybridized carbons (Fsp3) is 0.333. The van der Waals surface area contributed by atoms with Gasteiger partial charge in [0.15, 0.2) is 11.5 Å². The van der Waals surface area contributed by atoms with E-state index in [2.05, 4.69) is 5.32 Å². The molecule has 1 rings (SSSR count). The number of hydrogen-bond donors (Lipinski definition) is 1. The summed E-state index contributed by atoms with van der Waals surface area (Å²) in [7, 11) is 4.41. The molecular formula is C12H14N2O4. The molecule has 0 saturated heterocycles. The number of carbonyl (C=O) groups is 1. The van der Waals surface area contributed by atoms with Crippen molar-refractivity contribution in [2.75, 3.05) is 27.9 Å². The number of amides is 1. The van der Waals surface area contributed by atoms with Crippen molar-refractivity contribution in [1.29, 1.82) is 5.26 Å². The van der Waals surface area contributed by atoms with Crippen LogP contribution in [0.4, 0.5) is 0 Å². The number of nitrogens with zero attached hydrogens (tertiary/aromatic N) is 1. The summed E-state index contributed by atoms with van der Waals surface area (Å²) in [6, 6.07) is 4.87. The standard InChI is InChI=1S/C12H14N2O4/c1-16-9-6-8(12(15)14-5-4-13)7-10(17-2)11(9)18-3/h6-7H,5H2,1-3H3,(H,14,15). The minimum Gasteiger partial charge on any atom is -0.493 e. The third-order valence-electron chi connectivity index (χ3n) is 2.25. The molecule has 0 aliphatic rings. The number of nitrogens with one attached hydrogen (secondary N) is 1. The molecule has 1 amide bonds. The lowest BCUT2D eigenvalue weighted by atomic mass is 10.1. The molecule has 0 saturated carbocycles. The van der Waals surface area contributed by atoms with E-state index < -0.39 is 0 Å². The van der Waals surface area contributed by atoms with E-state index in [1.807, 2.05) is 6.07 Å². The van der Waals surface area contributed by atoms with E-state index in [4.69, 9.17) is 19.5 Å². The van der Waals surface area contributed by atoms with Crippen LogP contribution in [-0.2, 0) is 0 Å². The Morgan fingerprint density at radius 3 is 2.17 bits per heavy atom. The average Bonchev–Trinajstić information content (AvgIpc) is 2.42. The molecular weight excluding hydrogens is 236 g/mol. The van der Waals surface area contributed by atoms with Gasteiger partial charge in [-0.15, -0.1) is 0 Å². The van der Waals surface area contributed by atoms with Gasteiger partial charge in [0.1, 0.15) is 6.54 Å². The Hall–Kier alpha value is -2.42. The summed E-state index contributed by atoms with van der Waals surface area (Å²) >= 11 is 0. The monoisotopic (exact) mass is 250 g/mol. The maximum absolute atomic E-state index is 11.7. The zero-order valence-electron chi connectivity index (χ0n) is 10.4. The SMILES string of the molecule is COc1cc(C(=O)NCC#N)cc(OC)c1OC. The zero-order chi connectivity index (χ0) is 13.5. The summed E-state index contributed by atoms with van der Waals surface area (Å²) in [6.07, 6.45) is 0. The molecule has 6 nitrogen and oxygen atoms in total. The summed E-state index contributed by atoms with van der Waals surface area (Å²) in [5.74, 6) is 0.811. The molecule has 0 spiro atoms. The third kappa shape index (κ3) is 2.83. The minimum absolute atomic E-state index is 0.0600. The van der Waals surface area contributed by atoms with Crippen molar-refractivity contribution in [2.24, 2.45) is 0 Å². The Morgan fingerprint density at radius 1 is 1.22 bits per heavy atom. The first-order valence-corrected chi connectivity index (χ1v) is 5.13. The molecule has 18 heavy (non-hydrogen) atoms. The van der Waals surface area contributed by atoms with Crippen LogP contribution in [-0.4, -0.2) is 33.8 Å². The fourth-order valence-corrected chi connectivity index (χ4v) is 1.43. The van der Waals surface area contributed by atoms with Gasteiger partial charge < -0.3 is 19.5 Å². The molecule has 0 fully saturated rings. The maximum Gasteiger partial charge on any atom is 0.252 e. The molecule has 1 aromatic carbocycles. The Morgan fingerprint density at radius 2 is 1.78 bits per heavy atom. The Bertz CT molecular complexity index is 454.